The van der Waals surface area contributed by atoms with Crippen LogP contribution >= 0.6 is 11.6 Å². The summed E-state index contributed by atoms with van der Waals surface area (Å²) in [6.45, 7) is 1.84. The third-order valence-corrected chi connectivity index (χ3v) is 6.06. The second-order valence-corrected chi connectivity index (χ2v) is 8.10. The van der Waals surface area contributed by atoms with Gasteiger partial charge in [-0.2, -0.15) is 0 Å². The Morgan fingerprint density at radius 1 is 1.00 bits per heavy atom. The molecular formula is C26H21ClFNO5. The fourth-order valence-corrected chi connectivity index (χ4v) is 4.32. The largest absolute Gasteiger partial charge is 0.507 e. The van der Waals surface area contributed by atoms with Gasteiger partial charge >= 0.3 is 0 Å². The number of aryl methyl sites for hydroxylation is 1. The van der Waals surface area contributed by atoms with Crippen LogP contribution in [0.3, 0.4) is 0 Å². The van der Waals surface area contributed by atoms with Gasteiger partial charge in [-0.1, -0.05) is 35.9 Å². The van der Waals surface area contributed by atoms with Crippen molar-refractivity contribution in [1.82, 2.24) is 0 Å². The number of benzene rings is 3. The highest BCUT2D eigenvalue weighted by atomic mass is 35.5. The molecule has 1 fully saturated rings. The Hall–Kier alpha value is -3.84. The minimum Gasteiger partial charge on any atom is -0.507 e. The molecule has 1 unspecified atom stereocenters. The van der Waals surface area contributed by atoms with E-state index in [1.54, 1.807) is 12.1 Å². The van der Waals surface area contributed by atoms with E-state index in [1.165, 1.54) is 55.5 Å². The molecular weight excluding hydrogens is 461 g/mol. The van der Waals surface area contributed by atoms with Crippen LogP contribution in [-0.2, 0) is 9.59 Å². The molecule has 8 heteroatoms. The topological polar surface area (TPSA) is 76.1 Å². The minimum atomic E-state index is -0.961. The number of hydrogen-bond acceptors (Lipinski definition) is 5. The van der Waals surface area contributed by atoms with Crippen molar-refractivity contribution in [3.05, 3.63) is 93.8 Å². The van der Waals surface area contributed by atoms with Crippen LogP contribution in [0, 0.1) is 12.7 Å². The Labute approximate surface area is 200 Å². The zero-order valence-corrected chi connectivity index (χ0v) is 19.4. The first-order chi connectivity index (χ1) is 16.3. The zero-order chi connectivity index (χ0) is 24.6. The predicted molar refractivity (Wildman–Crippen MR) is 127 cm³/mol. The van der Waals surface area contributed by atoms with Crippen LogP contribution in [0.4, 0.5) is 10.1 Å². The number of nitrogens with zero attached hydrogens (tertiary/aromatic N) is 1. The maximum absolute atomic E-state index is 13.6. The van der Waals surface area contributed by atoms with Gasteiger partial charge in [0.05, 0.1) is 36.4 Å². The molecule has 1 aliphatic rings. The molecule has 1 saturated heterocycles. The number of hydrogen-bond donors (Lipinski definition) is 1. The molecule has 1 aliphatic heterocycles. The molecule has 34 heavy (non-hydrogen) atoms. The summed E-state index contributed by atoms with van der Waals surface area (Å²) in [4.78, 5) is 27.8. The molecule has 3 aromatic rings. The summed E-state index contributed by atoms with van der Waals surface area (Å²) in [5.41, 5.74) is 1.74. The Morgan fingerprint density at radius 2 is 1.65 bits per heavy atom. The lowest BCUT2D eigenvalue weighted by Crippen LogP contribution is -2.29. The number of Topliss-reactive ketones (excluding diaryl/α,β-unsaturated/α-hetero) is 1. The normalized spacial score (nSPS) is 17.2. The van der Waals surface area contributed by atoms with Crippen molar-refractivity contribution in [3.8, 4) is 11.5 Å². The van der Waals surface area contributed by atoms with Crippen molar-refractivity contribution >= 4 is 34.7 Å². The lowest BCUT2D eigenvalue weighted by atomic mass is 9.92. The van der Waals surface area contributed by atoms with Gasteiger partial charge in [0.25, 0.3) is 11.7 Å². The number of halogens is 2. The van der Waals surface area contributed by atoms with E-state index in [0.717, 1.165) is 5.56 Å². The van der Waals surface area contributed by atoms with E-state index in [9.17, 15) is 19.1 Å². The molecule has 0 bridgehead atoms. The van der Waals surface area contributed by atoms with Gasteiger partial charge in [-0.15, -0.1) is 0 Å². The summed E-state index contributed by atoms with van der Waals surface area (Å²) in [7, 11) is 2.84. The highest BCUT2D eigenvalue weighted by Crippen LogP contribution is 2.45. The number of carbonyl (C=O) groups is 2. The van der Waals surface area contributed by atoms with Gasteiger partial charge in [-0.3, -0.25) is 14.5 Å². The van der Waals surface area contributed by atoms with Crippen molar-refractivity contribution in [3.63, 3.8) is 0 Å². The minimum absolute atomic E-state index is 0.129. The van der Waals surface area contributed by atoms with Gasteiger partial charge in [0.1, 0.15) is 23.1 Å². The summed E-state index contributed by atoms with van der Waals surface area (Å²) in [6, 6.07) is 14.4. The highest BCUT2D eigenvalue weighted by molar-refractivity contribution is 6.51. The number of rotatable bonds is 5. The van der Waals surface area contributed by atoms with Crippen molar-refractivity contribution in [2.45, 2.75) is 13.0 Å². The summed E-state index contributed by atoms with van der Waals surface area (Å²) < 4.78 is 24.2. The first-order valence-corrected chi connectivity index (χ1v) is 10.7. The monoisotopic (exact) mass is 481 g/mol. The van der Waals surface area contributed by atoms with Crippen LogP contribution in [0.5, 0.6) is 11.5 Å². The van der Waals surface area contributed by atoms with Gasteiger partial charge in [-0.25, -0.2) is 4.39 Å². The van der Waals surface area contributed by atoms with E-state index >= 15 is 0 Å². The number of methoxy groups -OCH3 is 2. The molecule has 4 rings (SSSR count). The van der Waals surface area contributed by atoms with Crippen LogP contribution in [0.1, 0.15) is 22.7 Å². The Bertz CT molecular complexity index is 1320. The van der Waals surface area contributed by atoms with Crippen molar-refractivity contribution in [2.75, 3.05) is 19.1 Å². The highest BCUT2D eigenvalue weighted by Gasteiger charge is 2.47. The van der Waals surface area contributed by atoms with E-state index in [4.69, 9.17) is 21.1 Å². The molecule has 3 aromatic carbocycles. The third kappa shape index (κ3) is 3.88. The maximum atomic E-state index is 13.6. The van der Waals surface area contributed by atoms with Crippen LogP contribution in [-0.4, -0.2) is 31.0 Å². The molecule has 6 nitrogen and oxygen atoms in total. The van der Waals surface area contributed by atoms with E-state index in [0.29, 0.717) is 17.0 Å². The first-order valence-electron chi connectivity index (χ1n) is 10.3. The van der Waals surface area contributed by atoms with E-state index in [1.807, 2.05) is 19.1 Å². The second kappa shape index (κ2) is 9.19. The number of amides is 1. The molecule has 0 aliphatic carbocycles. The molecule has 0 aromatic heterocycles. The molecule has 0 saturated carbocycles. The quantitative estimate of drug-likeness (QED) is 0.299. The second-order valence-electron chi connectivity index (χ2n) is 7.69. The fraction of sp³-hybridized carbons (Fsp3) is 0.154. The number of ether oxygens (including phenoxy) is 2. The zero-order valence-electron chi connectivity index (χ0n) is 18.6. The van der Waals surface area contributed by atoms with Gasteiger partial charge in [0, 0.05) is 11.8 Å². The first kappa shape index (κ1) is 23.3. The van der Waals surface area contributed by atoms with Crippen LogP contribution in [0.25, 0.3) is 5.76 Å². The number of aliphatic hydroxyl groups is 1. The molecule has 1 N–H and O–H groups in total. The molecule has 174 valence electrons. The Kier molecular flexibility index (Phi) is 6.30. The van der Waals surface area contributed by atoms with Crippen LogP contribution in [0.15, 0.2) is 66.2 Å². The van der Waals surface area contributed by atoms with Gasteiger partial charge in [0.15, 0.2) is 0 Å². The van der Waals surface area contributed by atoms with E-state index in [-0.39, 0.29) is 21.9 Å². The summed E-state index contributed by atoms with van der Waals surface area (Å²) in [5.74, 6) is -2.14. The molecule has 0 radical (unpaired) electrons. The average Bonchev–Trinajstić information content (AvgIpc) is 3.09. The Morgan fingerprint density at radius 3 is 2.26 bits per heavy atom. The summed E-state index contributed by atoms with van der Waals surface area (Å²) in [6.07, 6.45) is 0. The van der Waals surface area contributed by atoms with Gasteiger partial charge in [0.2, 0.25) is 0 Å². The van der Waals surface area contributed by atoms with Gasteiger partial charge < -0.3 is 14.6 Å². The average molecular weight is 482 g/mol. The summed E-state index contributed by atoms with van der Waals surface area (Å²) in [5, 5.41) is 11.6. The number of anilines is 1. The van der Waals surface area contributed by atoms with E-state index in [2.05, 4.69) is 0 Å². The van der Waals surface area contributed by atoms with E-state index < -0.39 is 29.3 Å². The molecule has 0 spiro atoms. The number of aliphatic hydroxyl groups excluding tert-OH is 1. The van der Waals surface area contributed by atoms with Crippen molar-refractivity contribution in [1.29, 1.82) is 0 Å². The van der Waals surface area contributed by atoms with Crippen LogP contribution in [0.2, 0.25) is 5.02 Å². The SMILES string of the molecule is COc1cc(OC)c(/C(O)=C2\C(=O)C(=O)N(c3ccc(F)cc3)C2c2ccccc2C)cc1Cl. The maximum Gasteiger partial charge on any atom is 0.300 e. The molecule has 1 amide bonds. The smallest absolute Gasteiger partial charge is 0.300 e. The van der Waals surface area contributed by atoms with Crippen LogP contribution < -0.4 is 14.4 Å². The van der Waals surface area contributed by atoms with Crippen molar-refractivity contribution in [2.24, 2.45) is 0 Å². The summed E-state index contributed by atoms with van der Waals surface area (Å²) >= 11 is 6.28. The molecule has 1 atom stereocenters. The molecule has 1 heterocycles. The standard InChI is InChI=1S/C26H21ClFNO5/c1-14-6-4-5-7-17(14)23-22(24(30)18-12-19(27)21(34-3)13-20(18)33-2)25(31)26(32)29(23)16-10-8-15(28)9-11-16/h4-13,23,30H,1-3H3/b24-22+. The lowest BCUT2D eigenvalue weighted by Gasteiger charge is -2.26. The number of ketones is 1. The van der Waals surface area contributed by atoms with Gasteiger partial charge in [-0.05, 0) is 48.4 Å². The fourth-order valence-electron chi connectivity index (χ4n) is 4.08. The number of carbonyl (C=O) groups excluding carboxylic acids is 2. The third-order valence-electron chi connectivity index (χ3n) is 5.76. The predicted octanol–water partition coefficient (Wildman–Crippen LogP) is 5.43. The Balaban J connectivity index is 2.00. The van der Waals surface area contributed by atoms with Crippen molar-refractivity contribution < 1.29 is 28.6 Å². The lowest BCUT2D eigenvalue weighted by molar-refractivity contribution is -0.132.